The van der Waals surface area contributed by atoms with Gasteiger partial charge in [0.25, 0.3) is 0 Å². The van der Waals surface area contributed by atoms with Crippen LogP contribution >= 0.6 is 35.3 Å². The Balaban J connectivity index is 0.00000300. The number of guanidine groups is 1. The van der Waals surface area contributed by atoms with Gasteiger partial charge in [0.15, 0.2) is 5.96 Å². The van der Waals surface area contributed by atoms with Crippen molar-refractivity contribution in [2.24, 2.45) is 4.99 Å². The number of aliphatic imine (C=N–C) groups is 1. The van der Waals surface area contributed by atoms with Gasteiger partial charge in [0.1, 0.15) is 16.1 Å². The highest BCUT2D eigenvalue weighted by Gasteiger charge is 2.22. The molecule has 3 rings (SSSR count). The minimum atomic E-state index is -3.43. The molecule has 29 heavy (non-hydrogen) atoms. The van der Waals surface area contributed by atoms with Crippen molar-refractivity contribution in [3.63, 3.8) is 0 Å². The molecular weight excluding hydrogens is 523 g/mol. The molecule has 2 N–H and O–H groups in total. The summed E-state index contributed by atoms with van der Waals surface area (Å²) in [6, 6.07) is 13.2. The second kappa shape index (κ2) is 11.7. The van der Waals surface area contributed by atoms with Crippen LogP contribution in [0.2, 0.25) is 0 Å². The molecule has 0 amide bonds. The van der Waals surface area contributed by atoms with Gasteiger partial charge in [0.2, 0.25) is 10.0 Å². The topological polar surface area (TPSA) is 83.0 Å². The molecule has 10 heteroatoms. The number of rotatable bonds is 7. The highest BCUT2D eigenvalue weighted by Crippen LogP contribution is 2.18. The first-order valence-electron chi connectivity index (χ1n) is 9.29. The lowest BCUT2D eigenvalue weighted by molar-refractivity contribution is 0.129. The van der Waals surface area contributed by atoms with Crippen molar-refractivity contribution in [3.05, 3.63) is 47.8 Å². The van der Waals surface area contributed by atoms with Gasteiger partial charge < -0.3 is 15.0 Å². The summed E-state index contributed by atoms with van der Waals surface area (Å²) in [6.07, 6.45) is 2.04. The maximum absolute atomic E-state index is 12.1. The molecule has 0 unspecified atom stereocenters. The Bertz CT molecular complexity index is 853. The Morgan fingerprint density at radius 1 is 1.17 bits per heavy atom. The molecule has 7 nitrogen and oxygen atoms in total. The van der Waals surface area contributed by atoms with Crippen LogP contribution in [0.15, 0.2) is 57.0 Å². The molecule has 0 atom stereocenters. The fourth-order valence-corrected chi connectivity index (χ4v) is 5.13. The first kappa shape index (κ1) is 23.9. The van der Waals surface area contributed by atoms with E-state index < -0.39 is 10.0 Å². The summed E-state index contributed by atoms with van der Waals surface area (Å²) in [7, 11) is -1.68. The van der Waals surface area contributed by atoms with Gasteiger partial charge in [-0.3, -0.25) is 4.99 Å². The molecule has 1 aliphatic heterocycles. The standard InChI is InChI=1S/C19H26N4O3S2.HI/c1-20-19(21-11-12-22-28(24,25)18-8-5-15-27-18)23-13-9-17(10-14-23)26-16-6-3-2-4-7-16;/h2-8,15,17,22H,9-14H2,1H3,(H,20,21);1H. The number of thiophene rings is 1. The van der Waals surface area contributed by atoms with Gasteiger partial charge in [-0.15, -0.1) is 35.3 Å². The lowest BCUT2D eigenvalue weighted by Gasteiger charge is -2.34. The van der Waals surface area contributed by atoms with Crippen molar-refractivity contribution < 1.29 is 13.2 Å². The third-order valence-corrected chi connectivity index (χ3v) is 7.32. The monoisotopic (exact) mass is 550 g/mol. The Hall–Kier alpha value is -1.37. The van der Waals surface area contributed by atoms with Crippen LogP contribution in [-0.2, 0) is 10.0 Å². The van der Waals surface area contributed by atoms with E-state index in [9.17, 15) is 8.42 Å². The van der Waals surface area contributed by atoms with E-state index in [2.05, 4.69) is 19.9 Å². The quantitative estimate of drug-likeness (QED) is 0.240. The van der Waals surface area contributed by atoms with Crippen molar-refractivity contribution in [3.8, 4) is 5.75 Å². The molecule has 0 bridgehead atoms. The first-order valence-corrected chi connectivity index (χ1v) is 11.7. The lowest BCUT2D eigenvalue weighted by Crippen LogP contribution is -2.48. The van der Waals surface area contributed by atoms with E-state index in [1.54, 1.807) is 24.6 Å². The molecule has 1 aromatic heterocycles. The van der Waals surface area contributed by atoms with Crippen LogP contribution < -0.4 is 14.8 Å². The number of benzene rings is 1. The molecule has 1 aliphatic rings. The number of hydrogen-bond acceptors (Lipinski definition) is 5. The van der Waals surface area contributed by atoms with Gasteiger partial charge in [0, 0.05) is 46.1 Å². The zero-order chi connectivity index (χ0) is 19.8. The number of nitrogens with one attached hydrogen (secondary N) is 2. The van der Waals surface area contributed by atoms with Gasteiger partial charge in [-0.2, -0.15) is 0 Å². The normalized spacial score (nSPS) is 15.6. The van der Waals surface area contributed by atoms with Crippen molar-refractivity contribution in [2.45, 2.75) is 23.2 Å². The van der Waals surface area contributed by atoms with Crippen LogP contribution in [0, 0.1) is 0 Å². The molecular formula is C19H27IN4O3S2. The van der Waals surface area contributed by atoms with Crippen molar-refractivity contribution >= 4 is 51.3 Å². The van der Waals surface area contributed by atoms with E-state index in [4.69, 9.17) is 4.74 Å². The highest BCUT2D eigenvalue weighted by molar-refractivity contribution is 14.0. The maximum atomic E-state index is 12.1. The number of piperidine rings is 1. The minimum absolute atomic E-state index is 0. The Labute approximate surface area is 193 Å². The summed E-state index contributed by atoms with van der Waals surface area (Å²) >= 11 is 1.21. The van der Waals surface area contributed by atoms with Crippen LogP contribution in [-0.4, -0.2) is 58.6 Å². The second-order valence-corrected chi connectivity index (χ2v) is 9.36. The van der Waals surface area contributed by atoms with Crippen LogP contribution in [0.4, 0.5) is 0 Å². The van der Waals surface area contributed by atoms with E-state index in [1.807, 2.05) is 30.3 Å². The summed E-state index contributed by atoms with van der Waals surface area (Å²) in [5.74, 6) is 1.69. The number of hydrogen-bond donors (Lipinski definition) is 2. The van der Waals surface area contributed by atoms with Crippen molar-refractivity contribution in [1.29, 1.82) is 0 Å². The lowest BCUT2D eigenvalue weighted by atomic mass is 10.1. The van der Waals surface area contributed by atoms with E-state index >= 15 is 0 Å². The number of likely N-dealkylation sites (tertiary alicyclic amines) is 1. The van der Waals surface area contributed by atoms with E-state index in [0.29, 0.717) is 17.3 Å². The van der Waals surface area contributed by atoms with Gasteiger partial charge in [0.05, 0.1) is 0 Å². The van der Waals surface area contributed by atoms with E-state index in [1.165, 1.54) is 11.3 Å². The Morgan fingerprint density at radius 2 is 1.90 bits per heavy atom. The van der Waals surface area contributed by atoms with Crippen LogP contribution in [0.25, 0.3) is 0 Å². The molecule has 2 aromatic rings. The molecule has 0 saturated carbocycles. The minimum Gasteiger partial charge on any atom is -0.490 e. The molecule has 0 aliphatic carbocycles. The molecule has 0 radical (unpaired) electrons. The van der Waals surface area contributed by atoms with Crippen LogP contribution in [0.5, 0.6) is 5.75 Å². The summed E-state index contributed by atoms with van der Waals surface area (Å²) in [5.41, 5.74) is 0. The molecule has 1 aromatic carbocycles. The number of para-hydroxylation sites is 1. The Morgan fingerprint density at radius 3 is 2.52 bits per heavy atom. The molecule has 0 spiro atoms. The van der Waals surface area contributed by atoms with E-state index in [0.717, 1.165) is 37.6 Å². The van der Waals surface area contributed by atoms with Crippen molar-refractivity contribution in [1.82, 2.24) is 14.9 Å². The van der Waals surface area contributed by atoms with Crippen LogP contribution in [0.3, 0.4) is 0 Å². The number of halogens is 1. The van der Waals surface area contributed by atoms with Gasteiger partial charge in [-0.05, 0) is 23.6 Å². The fraction of sp³-hybridized carbons (Fsp3) is 0.421. The summed E-state index contributed by atoms with van der Waals surface area (Å²) < 4.78 is 33.2. The molecule has 160 valence electrons. The average molecular weight is 550 g/mol. The summed E-state index contributed by atoms with van der Waals surface area (Å²) in [5, 5.41) is 4.98. The third kappa shape index (κ3) is 7.12. The zero-order valence-electron chi connectivity index (χ0n) is 16.3. The van der Waals surface area contributed by atoms with Gasteiger partial charge >= 0.3 is 0 Å². The SMILES string of the molecule is CN=C(NCCNS(=O)(=O)c1cccs1)N1CCC(Oc2ccccc2)CC1.I. The summed E-state index contributed by atoms with van der Waals surface area (Å²) in [6.45, 7) is 2.46. The highest BCUT2D eigenvalue weighted by atomic mass is 127. The second-order valence-electron chi connectivity index (χ2n) is 6.42. The maximum Gasteiger partial charge on any atom is 0.250 e. The smallest absolute Gasteiger partial charge is 0.250 e. The average Bonchev–Trinajstić information content (AvgIpc) is 3.26. The third-order valence-electron chi connectivity index (χ3n) is 4.46. The number of ether oxygens (including phenoxy) is 1. The predicted molar refractivity (Wildman–Crippen MR) is 128 cm³/mol. The Kier molecular flexibility index (Phi) is 9.66. The molecule has 2 heterocycles. The molecule has 1 saturated heterocycles. The van der Waals surface area contributed by atoms with Gasteiger partial charge in [-0.1, -0.05) is 24.3 Å². The predicted octanol–water partition coefficient (Wildman–Crippen LogP) is 2.76. The number of nitrogens with zero attached hydrogens (tertiary/aromatic N) is 2. The largest absolute Gasteiger partial charge is 0.490 e. The summed E-state index contributed by atoms with van der Waals surface area (Å²) in [4.78, 5) is 6.50. The van der Waals surface area contributed by atoms with E-state index in [-0.39, 0.29) is 30.1 Å². The fourth-order valence-electron chi connectivity index (χ4n) is 3.06. The molecule has 1 fully saturated rings. The first-order chi connectivity index (χ1) is 13.6. The van der Waals surface area contributed by atoms with Crippen LogP contribution in [0.1, 0.15) is 12.8 Å². The number of sulfonamides is 1. The van der Waals surface area contributed by atoms with Gasteiger partial charge in [-0.25, -0.2) is 13.1 Å². The zero-order valence-corrected chi connectivity index (χ0v) is 20.2. The van der Waals surface area contributed by atoms with Crippen molar-refractivity contribution in [2.75, 3.05) is 33.2 Å².